The Hall–Kier alpha value is -1.92. The van der Waals surface area contributed by atoms with Gasteiger partial charge < -0.3 is 10.2 Å². The summed E-state index contributed by atoms with van der Waals surface area (Å²) in [7, 11) is 0. The van der Waals surface area contributed by atoms with Crippen molar-refractivity contribution in [3.63, 3.8) is 0 Å². The number of thiophene rings is 1. The van der Waals surface area contributed by atoms with Crippen molar-refractivity contribution in [2.75, 3.05) is 5.73 Å². The van der Waals surface area contributed by atoms with E-state index in [-0.39, 0.29) is 0 Å². The fraction of sp³-hybridized carbons (Fsp3) is 0.524. The first-order chi connectivity index (χ1) is 12.9. The summed E-state index contributed by atoms with van der Waals surface area (Å²) in [5, 5.41) is 0.951. The maximum Gasteiger partial charge on any atom is 0.199 e. The van der Waals surface area contributed by atoms with E-state index < -0.39 is 0 Å². The van der Waals surface area contributed by atoms with Crippen LogP contribution < -0.4 is 5.73 Å². The summed E-state index contributed by atoms with van der Waals surface area (Å²) in [6.07, 6.45) is 3.88. The Labute approximate surface area is 164 Å². The SMILES string of the molecule is CC(C)c1ccc(-c2nc(N)c3cc(CN4C(C)CCC[C@H]4C)sc3n2)o1. The molecule has 2 N–H and O–H groups in total. The molecular formula is C21H28N4OS. The van der Waals surface area contributed by atoms with Gasteiger partial charge in [0.2, 0.25) is 0 Å². The molecule has 0 spiro atoms. The molecule has 0 radical (unpaired) electrons. The van der Waals surface area contributed by atoms with Crippen LogP contribution in [0.2, 0.25) is 0 Å². The van der Waals surface area contributed by atoms with Crippen molar-refractivity contribution in [1.29, 1.82) is 0 Å². The van der Waals surface area contributed by atoms with Gasteiger partial charge in [-0.3, -0.25) is 4.90 Å². The molecule has 1 fully saturated rings. The Balaban J connectivity index is 1.65. The van der Waals surface area contributed by atoms with Crippen LogP contribution in [0.1, 0.15) is 63.5 Å². The lowest BCUT2D eigenvalue weighted by molar-refractivity contribution is 0.0965. The first-order valence-corrected chi connectivity index (χ1v) is 10.7. The molecule has 0 amide bonds. The van der Waals surface area contributed by atoms with Crippen LogP contribution in [0.4, 0.5) is 5.82 Å². The minimum Gasteiger partial charge on any atom is -0.457 e. The molecule has 0 aliphatic carbocycles. The van der Waals surface area contributed by atoms with Crippen molar-refractivity contribution >= 4 is 27.4 Å². The number of hydrogen-bond acceptors (Lipinski definition) is 6. The number of nitrogen functional groups attached to an aromatic ring is 1. The molecule has 0 bridgehead atoms. The van der Waals surface area contributed by atoms with Crippen molar-refractivity contribution in [3.8, 4) is 11.6 Å². The fourth-order valence-corrected chi connectivity index (χ4v) is 4.98. The number of fused-ring (bicyclic) bond motifs is 1. The second-order valence-electron chi connectivity index (χ2n) is 8.02. The Kier molecular flexibility index (Phi) is 4.95. The smallest absolute Gasteiger partial charge is 0.199 e. The van der Waals surface area contributed by atoms with Gasteiger partial charge in [0.05, 0.1) is 5.39 Å². The highest BCUT2D eigenvalue weighted by Gasteiger charge is 2.25. The summed E-state index contributed by atoms with van der Waals surface area (Å²) in [5.41, 5.74) is 6.26. The maximum atomic E-state index is 6.26. The number of furan rings is 1. The van der Waals surface area contributed by atoms with Gasteiger partial charge in [-0.1, -0.05) is 20.3 Å². The average molecular weight is 385 g/mol. The molecule has 4 heterocycles. The zero-order chi connectivity index (χ0) is 19.1. The first-order valence-electron chi connectivity index (χ1n) is 9.84. The number of nitrogens with zero attached hydrogens (tertiary/aromatic N) is 3. The molecule has 3 aromatic heterocycles. The van der Waals surface area contributed by atoms with Crippen LogP contribution in [0.15, 0.2) is 22.6 Å². The van der Waals surface area contributed by atoms with Crippen LogP contribution in [0.3, 0.4) is 0 Å². The molecule has 2 atom stereocenters. The van der Waals surface area contributed by atoms with Crippen molar-refractivity contribution in [2.45, 2.75) is 71.5 Å². The van der Waals surface area contributed by atoms with Gasteiger partial charge >= 0.3 is 0 Å². The van der Waals surface area contributed by atoms with Crippen molar-refractivity contribution in [1.82, 2.24) is 14.9 Å². The van der Waals surface area contributed by atoms with Gasteiger partial charge in [-0.05, 0) is 44.9 Å². The molecular weight excluding hydrogens is 356 g/mol. The molecule has 6 heteroatoms. The molecule has 5 nitrogen and oxygen atoms in total. The van der Waals surface area contributed by atoms with Gasteiger partial charge in [0.1, 0.15) is 16.4 Å². The molecule has 0 saturated carbocycles. The molecule has 144 valence electrons. The molecule has 3 aromatic rings. The van der Waals surface area contributed by atoms with Crippen molar-refractivity contribution in [3.05, 3.63) is 28.8 Å². The van der Waals surface area contributed by atoms with Crippen LogP contribution in [0.5, 0.6) is 0 Å². The molecule has 0 aromatic carbocycles. The Morgan fingerprint density at radius 2 is 1.96 bits per heavy atom. The van der Waals surface area contributed by atoms with Gasteiger partial charge in [-0.2, -0.15) is 0 Å². The van der Waals surface area contributed by atoms with Crippen molar-refractivity contribution in [2.24, 2.45) is 0 Å². The standard InChI is InChI=1S/C21H28N4OS/c1-12(2)17-8-9-18(26-17)20-23-19(22)16-10-15(27-21(16)24-20)11-25-13(3)6-5-7-14(25)4/h8-10,12-14H,5-7,11H2,1-4H3,(H2,22,23,24)/t13-,14?/m1/s1. The van der Waals surface area contributed by atoms with Gasteiger partial charge in [0.15, 0.2) is 11.6 Å². The number of aromatic nitrogens is 2. The van der Waals surface area contributed by atoms with Gasteiger partial charge in [-0.25, -0.2) is 9.97 Å². The molecule has 1 aliphatic rings. The van der Waals surface area contributed by atoms with E-state index in [4.69, 9.17) is 15.1 Å². The van der Waals surface area contributed by atoms with Gasteiger partial charge in [0.25, 0.3) is 0 Å². The predicted octanol–water partition coefficient (Wildman–Crippen LogP) is 5.42. The van der Waals surface area contributed by atoms with Crippen LogP contribution >= 0.6 is 11.3 Å². The van der Waals surface area contributed by atoms with E-state index in [0.717, 1.165) is 22.5 Å². The third-order valence-electron chi connectivity index (χ3n) is 5.60. The first kappa shape index (κ1) is 18.4. The normalized spacial score (nSPS) is 21.4. The minimum absolute atomic E-state index is 0.335. The third-order valence-corrected chi connectivity index (χ3v) is 6.62. The zero-order valence-electron chi connectivity index (χ0n) is 16.5. The topological polar surface area (TPSA) is 68.2 Å². The molecule has 4 rings (SSSR count). The molecule has 1 unspecified atom stereocenters. The van der Waals surface area contributed by atoms with E-state index in [1.165, 1.54) is 24.1 Å². The number of hydrogen-bond donors (Lipinski definition) is 1. The van der Waals surface area contributed by atoms with Gasteiger partial charge in [0, 0.05) is 29.4 Å². The van der Waals surface area contributed by atoms with Crippen LogP contribution in [0.25, 0.3) is 21.8 Å². The highest BCUT2D eigenvalue weighted by molar-refractivity contribution is 7.18. The van der Waals surface area contributed by atoms with Crippen LogP contribution in [-0.2, 0) is 6.54 Å². The number of piperidine rings is 1. The highest BCUT2D eigenvalue weighted by Crippen LogP contribution is 2.33. The summed E-state index contributed by atoms with van der Waals surface area (Å²) in [6.45, 7) is 9.83. The van der Waals surface area contributed by atoms with Crippen LogP contribution in [0, 0.1) is 0 Å². The Bertz CT molecular complexity index is 935. The van der Waals surface area contributed by atoms with E-state index in [0.29, 0.717) is 35.4 Å². The van der Waals surface area contributed by atoms with Gasteiger partial charge in [-0.15, -0.1) is 11.3 Å². The van der Waals surface area contributed by atoms with E-state index >= 15 is 0 Å². The van der Waals surface area contributed by atoms with Crippen LogP contribution in [-0.4, -0.2) is 27.0 Å². The number of anilines is 1. The summed E-state index contributed by atoms with van der Waals surface area (Å²) >= 11 is 1.72. The number of rotatable bonds is 4. The highest BCUT2D eigenvalue weighted by atomic mass is 32.1. The minimum atomic E-state index is 0.335. The number of likely N-dealkylation sites (tertiary alicyclic amines) is 1. The summed E-state index contributed by atoms with van der Waals surface area (Å²) < 4.78 is 5.91. The van der Waals surface area contributed by atoms with E-state index in [2.05, 4.69) is 43.6 Å². The van der Waals surface area contributed by atoms with E-state index in [1.54, 1.807) is 11.3 Å². The molecule has 27 heavy (non-hydrogen) atoms. The fourth-order valence-electron chi connectivity index (χ4n) is 3.93. The van der Waals surface area contributed by atoms with E-state index in [1.807, 2.05) is 12.1 Å². The Morgan fingerprint density at radius 1 is 1.22 bits per heavy atom. The summed E-state index contributed by atoms with van der Waals surface area (Å²) in [4.78, 5) is 14.1. The predicted molar refractivity (Wildman–Crippen MR) is 112 cm³/mol. The van der Waals surface area contributed by atoms with E-state index in [9.17, 15) is 0 Å². The third kappa shape index (κ3) is 3.60. The largest absolute Gasteiger partial charge is 0.457 e. The lowest BCUT2D eigenvalue weighted by Gasteiger charge is -2.38. The second-order valence-corrected chi connectivity index (χ2v) is 9.14. The lowest BCUT2D eigenvalue weighted by atomic mass is 9.97. The molecule has 1 aliphatic heterocycles. The molecule has 1 saturated heterocycles. The number of nitrogens with two attached hydrogens (primary N) is 1. The second kappa shape index (κ2) is 7.24. The summed E-state index contributed by atoms with van der Waals surface area (Å²) in [6, 6.07) is 7.32. The summed E-state index contributed by atoms with van der Waals surface area (Å²) in [5.74, 6) is 3.05. The zero-order valence-corrected chi connectivity index (χ0v) is 17.3. The monoisotopic (exact) mass is 384 g/mol. The Morgan fingerprint density at radius 3 is 2.63 bits per heavy atom. The quantitative estimate of drug-likeness (QED) is 0.650. The lowest BCUT2D eigenvalue weighted by Crippen LogP contribution is -2.42. The maximum absolute atomic E-state index is 6.26. The van der Waals surface area contributed by atoms with Crippen molar-refractivity contribution < 1.29 is 4.42 Å². The average Bonchev–Trinajstić information content (AvgIpc) is 3.25.